The second-order valence-corrected chi connectivity index (χ2v) is 13.8. The first-order valence-electron chi connectivity index (χ1n) is 7.41. The van der Waals surface area contributed by atoms with Crippen LogP contribution in [0.15, 0.2) is 24.3 Å². The number of hydrogen-bond donors (Lipinski definition) is 1. The van der Waals surface area contributed by atoms with E-state index in [2.05, 4.69) is 57.8 Å². The SMILES string of the molecule is C[C@@]12C[C@@](C)([Si](C)(C)C)[C@]1(CO)Cc1ccccc12. The van der Waals surface area contributed by atoms with Gasteiger partial charge in [-0.1, -0.05) is 57.8 Å². The van der Waals surface area contributed by atoms with Gasteiger partial charge in [0.25, 0.3) is 0 Å². The van der Waals surface area contributed by atoms with Crippen molar-refractivity contribution in [2.45, 2.75) is 56.8 Å². The van der Waals surface area contributed by atoms with Crippen LogP contribution in [0, 0.1) is 5.41 Å². The monoisotopic (exact) mass is 274 g/mol. The molecule has 0 aromatic heterocycles. The highest BCUT2D eigenvalue weighted by Crippen LogP contribution is 2.79. The Hall–Kier alpha value is -0.603. The van der Waals surface area contributed by atoms with E-state index in [1.54, 1.807) is 0 Å². The zero-order valence-corrected chi connectivity index (χ0v) is 13.9. The molecule has 2 heteroatoms. The Balaban J connectivity index is 2.17. The summed E-state index contributed by atoms with van der Waals surface area (Å²) in [6, 6.07) is 8.85. The fraction of sp³-hybridized carbons (Fsp3) is 0.647. The molecule has 2 aliphatic carbocycles. The molecule has 1 N–H and O–H groups in total. The molecule has 1 aromatic carbocycles. The van der Waals surface area contributed by atoms with Crippen molar-refractivity contribution < 1.29 is 5.11 Å². The molecule has 0 spiro atoms. The van der Waals surface area contributed by atoms with E-state index in [0.717, 1.165) is 6.42 Å². The van der Waals surface area contributed by atoms with Gasteiger partial charge < -0.3 is 5.11 Å². The minimum atomic E-state index is -1.32. The van der Waals surface area contributed by atoms with Crippen LogP contribution in [0.4, 0.5) is 0 Å². The molecule has 0 unspecified atom stereocenters. The highest BCUT2D eigenvalue weighted by molar-refractivity contribution is 6.79. The molecule has 0 heterocycles. The van der Waals surface area contributed by atoms with E-state index in [1.165, 1.54) is 17.5 Å². The third kappa shape index (κ3) is 1.25. The zero-order valence-electron chi connectivity index (χ0n) is 12.9. The van der Waals surface area contributed by atoms with E-state index >= 15 is 0 Å². The second kappa shape index (κ2) is 3.53. The van der Waals surface area contributed by atoms with E-state index in [1.807, 2.05) is 0 Å². The maximum absolute atomic E-state index is 10.3. The summed E-state index contributed by atoms with van der Waals surface area (Å²) in [6.45, 7) is 12.6. The maximum Gasteiger partial charge on any atom is 0.0511 e. The standard InChI is InChI=1S/C17H26OSi/c1-15-11-16(2,19(3,4)5)17(15,12-18)10-13-8-6-7-9-14(13)15/h6-9,18H,10-12H2,1-5H3/t15-,16+,17-/m0/s1. The molecule has 0 aliphatic heterocycles. The van der Waals surface area contributed by atoms with Crippen LogP contribution in [0.25, 0.3) is 0 Å². The molecule has 19 heavy (non-hydrogen) atoms. The average Bonchev–Trinajstić information content (AvgIpc) is 2.54. The Kier molecular flexibility index (Phi) is 2.49. The summed E-state index contributed by atoms with van der Waals surface area (Å²) in [7, 11) is -1.32. The van der Waals surface area contributed by atoms with Gasteiger partial charge in [-0.3, -0.25) is 0 Å². The predicted molar refractivity (Wildman–Crippen MR) is 83.3 cm³/mol. The molecular weight excluding hydrogens is 248 g/mol. The quantitative estimate of drug-likeness (QED) is 0.809. The van der Waals surface area contributed by atoms with Crippen molar-refractivity contribution in [1.29, 1.82) is 0 Å². The van der Waals surface area contributed by atoms with E-state index in [0.29, 0.717) is 11.6 Å². The molecule has 3 atom stereocenters. The van der Waals surface area contributed by atoms with Crippen LogP contribution in [0.1, 0.15) is 31.4 Å². The number of fused-ring (bicyclic) bond motifs is 3. The molecule has 0 bridgehead atoms. The van der Waals surface area contributed by atoms with E-state index in [-0.39, 0.29) is 10.8 Å². The van der Waals surface area contributed by atoms with Crippen molar-refractivity contribution in [3.63, 3.8) is 0 Å². The highest BCUT2D eigenvalue weighted by Gasteiger charge is 2.75. The number of hydrogen-bond acceptors (Lipinski definition) is 1. The number of benzene rings is 1. The summed E-state index contributed by atoms with van der Waals surface area (Å²) in [5.74, 6) is 0. The van der Waals surface area contributed by atoms with E-state index < -0.39 is 8.07 Å². The summed E-state index contributed by atoms with van der Waals surface area (Å²) in [5.41, 5.74) is 3.24. The lowest BCUT2D eigenvalue weighted by atomic mass is 9.44. The van der Waals surface area contributed by atoms with Gasteiger partial charge in [0.2, 0.25) is 0 Å². The normalized spacial score (nSPS) is 40.5. The van der Waals surface area contributed by atoms with Crippen LogP contribution in [0.3, 0.4) is 0 Å². The van der Waals surface area contributed by atoms with Gasteiger partial charge in [-0.2, -0.15) is 0 Å². The van der Waals surface area contributed by atoms with Crippen LogP contribution < -0.4 is 0 Å². The molecule has 0 saturated heterocycles. The molecule has 0 radical (unpaired) electrons. The molecule has 2 aliphatic rings. The van der Waals surface area contributed by atoms with Crippen LogP contribution in [-0.4, -0.2) is 19.8 Å². The van der Waals surface area contributed by atoms with Crippen LogP contribution in [-0.2, 0) is 11.8 Å². The minimum Gasteiger partial charge on any atom is -0.396 e. The summed E-state index contributed by atoms with van der Waals surface area (Å²) in [5, 5.41) is 10.6. The second-order valence-electron chi connectivity index (χ2n) is 8.17. The van der Waals surface area contributed by atoms with Gasteiger partial charge in [0.1, 0.15) is 0 Å². The molecule has 1 aromatic rings. The minimum absolute atomic E-state index is 0.0775. The van der Waals surface area contributed by atoms with Crippen LogP contribution >= 0.6 is 0 Å². The van der Waals surface area contributed by atoms with Gasteiger partial charge in [0, 0.05) is 10.8 Å². The van der Waals surface area contributed by atoms with Crippen LogP contribution in [0.2, 0.25) is 24.7 Å². The van der Waals surface area contributed by atoms with Gasteiger partial charge in [-0.25, -0.2) is 0 Å². The van der Waals surface area contributed by atoms with Crippen molar-refractivity contribution in [3.05, 3.63) is 35.4 Å². The summed E-state index contributed by atoms with van der Waals surface area (Å²) in [4.78, 5) is 0. The molecule has 104 valence electrons. The van der Waals surface area contributed by atoms with Gasteiger partial charge in [0.15, 0.2) is 0 Å². The molecule has 1 saturated carbocycles. The largest absolute Gasteiger partial charge is 0.396 e. The maximum atomic E-state index is 10.3. The Labute approximate surface area is 118 Å². The third-order valence-corrected chi connectivity index (χ3v) is 10.8. The van der Waals surface area contributed by atoms with Crippen molar-refractivity contribution >= 4 is 8.07 Å². The Morgan fingerprint density at radius 3 is 2.37 bits per heavy atom. The highest BCUT2D eigenvalue weighted by atomic mass is 28.3. The molecular formula is C17H26OSi. The van der Waals surface area contributed by atoms with Gasteiger partial charge in [0.05, 0.1) is 14.7 Å². The Morgan fingerprint density at radius 1 is 1.16 bits per heavy atom. The molecule has 0 amide bonds. The van der Waals surface area contributed by atoms with Gasteiger partial charge >= 0.3 is 0 Å². The first kappa shape index (κ1) is 13.4. The Morgan fingerprint density at radius 2 is 1.79 bits per heavy atom. The fourth-order valence-electron chi connectivity index (χ4n) is 5.22. The Bertz CT molecular complexity index is 532. The first-order valence-corrected chi connectivity index (χ1v) is 10.9. The van der Waals surface area contributed by atoms with Crippen LogP contribution in [0.5, 0.6) is 0 Å². The smallest absolute Gasteiger partial charge is 0.0511 e. The van der Waals surface area contributed by atoms with E-state index in [9.17, 15) is 5.11 Å². The average molecular weight is 274 g/mol. The van der Waals surface area contributed by atoms with Crippen molar-refractivity contribution in [3.8, 4) is 0 Å². The van der Waals surface area contributed by atoms with Gasteiger partial charge in [-0.05, 0) is 29.0 Å². The summed E-state index contributed by atoms with van der Waals surface area (Å²) in [6.07, 6.45) is 2.31. The summed E-state index contributed by atoms with van der Waals surface area (Å²) < 4.78 is 0. The number of rotatable bonds is 2. The summed E-state index contributed by atoms with van der Waals surface area (Å²) >= 11 is 0. The van der Waals surface area contributed by atoms with Crippen molar-refractivity contribution in [2.75, 3.05) is 6.61 Å². The molecule has 1 nitrogen and oxygen atoms in total. The third-order valence-electron chi connectivity index (χ3n) is 6.85. The number of aliphatic hydroxyl groups is 1. The van der Waals surface area contributed by atoms with E-state index in [4.69, 9.17) is 0 Å². The van der Waals surface area contributed by atoms with Crippen molar-refractivity contribution in [2.24, 2.45) is 5.41 Å². The number of aliphatic hydroxyl groups excluding tert-OH is 1. The van der Waals surface area contributed by atoms with Gasteiger partial charge in [-0.15, -0.1) is 0 Å². The first-order chi connectivity index (χ1) is 8.72. The molecule has 3 rings (SSSR count). The topological polar surface area (TPSA) is 20.2 Å². The predicted octanol–water partition coefficient (Wildman–Crippen LogP) is 3.98. The molecule has 1 fully saturated rings. The zero-order chi connectivity index (χ0) is 14.1. The lowest BCUT2D eigenvalue weighted by Crippen LogP contribution is -2.69. The fourth-order valence-corrected chi connectivity index (χ4v) is 7.98. The lowest BCUT2D eigenvalue weighted by molar-refractivity contribution is -0.0821. The lowest BCUT2D eigenvalue weighted by Gasteiger charge is -2.71. The van der Waals surface area contributed by atoms with Crippen molar-refractivity contribution in [1.82, 2.24) is 0 Å².